The van der Waals surface area contributed by atoms with Crippen LogP contribution in [0.25, 0.3) is 0 Å². The molecule has 10 nitrogen and oxygen atoms in total. The van der Waals surface area contributed by atoms with Crippen molar-refractivity contribution in [3.8, 4) is 0 Å². The molecule has 0 fully saturated rings. The van der Waals surface area contributed by atoms with Gasteiger partial charge in [0.25, 0.3) is 0 Å². The minimum absolute atomic E-state index is 0. The molecule has 0 heterocycles. The Hall–Kier alpha value is 5.64. The Morgan fingerprint density at radius 2 is 0.895 bits per heavy atom. The molecule has 6 N–H and O–H groups in total. The van der Waals surface area contributed by atoms with Crippen molar-refractivity contribution in [2.75, 3.05) is 0 Å². The Balaban J connectivity index is -0.00000000514. The molecule has 19 heavy (non-hydrogen) atoms. The predicted molar refractivity (Wildman–Crippen MR) is 49.6 cm³/mol. The summed E-state index contributed by atoms with van der Waals surface area (Å²) in [5, 5.41) is 0. The van der Waals surface area contributed by atoms with E-state index < -0.39 is 24.8 Å². The molecule has 0 spiro atoms. The molecule has 0 amide bonds. The van der Waals surface area contributed by atoms with Gasteiger partial charge in [-0.2, -0.15) is 4.31 Å². The van der Waals surface area contributed by atoms with E-state index in [1.807, 2.05) is 0 Å². The van der Waals surface area contributed by atoms with E-state index in [-0.39, 0.29) is 181 Å². The summed E-state index contributed by atoms with van der Waals surface area (Å²) in [5.41, 5.74) is 0. The molecular formula is H13MgNa5O10P2Si. The molecule has 0 aromatic rings. The van der Waals surface area contributed by atoms with E-state index >= 15 is 0 Å². The molecular weight excluding hydrogens is 389 g/mol. The second kappa shape index (κ2) is 25.9. The summed E-state index contributed by atoms with van der Waals surface area (Å²) in [4.78, 5) is 45.3. The van der Waals surface area contributed by atoms with Crippen LogP contribution in [0.2, 0.25) is 0 Å². The fourth-order valence-corrected chi connectivity index (χ4v) is 1.25. The molecule has 0 aliphatic heterocycles. The summed E-state index contributed by atoms with van der Waals surface area (Å²) in [6, 6.07) is 0. The zero-order valence-corrected chi connectivity index (χ0v) is 25.6. The van der Waals surface area contributed by atoms with Crippen molar-refractivity contribution in [1.82, 2.24) is 0 Å². The number of hydrogen-bond donors (Lipinski definition) is 6. The molecule has 0 atom stereocenters. The molecule has 0 radical (unpaired) electrons. The van der Waals surface area contributed by atoms with Crippen LogP contribution < -0.4 is 148 Å². The maximum atomic E-state index is 9.63. The van der Waals surface area contributed by atoms with Gasteiger partial charge in [-0.25, -0.2) is 9.13 Å². The first-order chi connectivity index (χ1) is 5.44. The van der Waals surface area contributed by atoms with Crippen molar-refractivity contribution in [2.24, 2.45) is 0 Å². The largest absolute Gasteiger partial charge is 2.00 e. The topological polar surface area (TPSA) is 182 Å². The Labute approximate surface area is 248 Å². The first kappa shape index (κ1) is 49.7. The van der Waals surface area contributed by atoms with E-state index in [1.54, 1.807) is 0 Å². The van der Waals surface area contributed by atoms with Gasteiger partial charge in [-0.05, 0) is 0 Å². The predicted octanol–water partition coefficient (Wildman–Crippen LogP) is -17.0. The molecule has 0 saturated heterocycles. The third-order valence-corrected chi connectivity index (χ3v) is 1.91. The van der Waals surface area contributed by atoms with E-state index in [9.17, 15) is 9.13 Å². The molecule has 0 unspecified atom stereocenters. The number of rotatable bonds is 2. The van der Waals surface area contributed by atoms with Crippen LogP contribution in [0, 0.1) is 0 Å². The van der Waals surface area contributed by atoms with Crippen molar-refractivity contribution < 1.29 is 205 Å². The normalized spacial score (nSPS) is 7.79. The molecule has 0 rings (SSSR count). The van der Waals surface area contributed by atoms with Gasteiger partial charge >= 0.3 is 196 Å². The fourth-order valence-electron chi connectivity index (χ4n) is 0.139. The standard InChI is InChI=1S/Mg.5Na.H4O7P2.H2O3Si.7H/c;;;;;;1-8(2,3)7-9(4,5)6;1-4(2)3;;;;;;;/h;;;;;;(H2,1,2,3)(H2,4,5,6);1-2H;;;;;;;/q+2;5*+1;;;7*-1. The minimum Gasteiger partial charge on any atom is -1.00 e. The van der Waals surface area contributed by atoms with Crippen LogP contribution in [0.5, 0.6) is 0 Å². The van der Waals surface area contributed by atoms with Crippen molar-refractivity contribution in [3.05, 3.63) is 0 Å². The summed E-state index contributed by atoms with van der Waals surface area (Å²) in [6.07, 6.45) is 0. The number of hydrogen-bond acceptors (Lipinski definition) is 4. The number of phosphoric acid groups is 2. The van der Waals surface area contributed by atoms with E-state index in [0.29, 0.717) is 0 Å². The first-order valence-electron chi connectivity index (χ1n) is 2.18. The summed E-state index contributed by atoms with van der Waals surface area (Å²) in [6.45, 7) is 0. The van der Waals surface area contributed by atoms with Gasteiger partial charge in [-0.1, -0.05) is 0 Å². The van der Waals surface area contributed by atoms with E-state index in [4.69, 9.17) is 33.6 Å². The van der Waals surface area contributed by atoms with Crippen LogP contribution in [0.15, 0.2) is 0 Å². The van der Waals surface area contributed by atoms with Crippen molar-refractivity contribution in [3.63, 3.8) is 0 Å². The van der Waals surface area contributed by atoms with E-state index in [2.05, 4.69) is 4.31 Å². The Kier molecular flexibility index (Phi) is 67.7. The summed E-state index contributed by atoms with van der Waals surface area (Å²) >= 11 is 0. The van der Waals surface area contributed by atoms with Crippen LogP contribution in [-0.2, 0) is 17.9 Å². The van der Waals surface area contributed by atoms with Gasteiger partial charge in [0.1, 0.15) is 0 Å². The third-order valence-electron chi connectivity index (χ3n) is 0.213. The van der Waals surface area contributed by atoms with Gasteiger partial charge in [0.15, 0.2) is 0 Å². The second-order valence-corrected chi connectivity index (χ2v) is 4.53. The van der Waals surface area contributed by atoms with Gasteiger partial charge < -0.3 is 39.2 Å². The molecule has 0 bridgehead atoms. The van der Waals surface area contributed by atoms with Gasteiger partial charge in [0.2, 0.25) is 0 Å². The van der Waals surface area contributed by atoms with Crippen LogP contribution in [0.4, 0.5) is 0 Å². The fraction of sp³-hybridized carbons (Fsp3) is 0. The molecule has 0 saturated carbocycles. The van der Waals surface area contributed by atoms with Gasteiger partial charge in [0.05, 0.1) is 0 Å². The minimum atomic E-state index is -5.05. The summed E-state index contributed by atoms with van der Waals surface area (Å²) in [7, 11) is -13.2. The molecule has 19 heteroatoms. The maximum absolute atomic E-state index is 9.63. The SMILES string of the molecule is O=P(O)(O)OP(=O)(O)O.O=[Si](O)O.[H-].[H-].[H-].[H-].[H-].[H-].[H-].[Mg+2].[Na+].[Na+].[Na+].[Na+].[Na+]. The van der Waals surface area contributed by atoms with E-state index in [0.717, 1.165) is 0 Å². The molecule has 0 aromatic carbocycles. The van der Waals surface area contributed by atoms with Crippen LogP contribution >= 0.6 is 15.6 Å². The molecule has 0 aromatic heterocycles. The van der Waals surface area contributed by atoms with Gasteiger partial charge in [-0.3, -0.25) is 4.46 Å². The summed E-state index contributed by atoms with van der Waals surface area (Å²) in [5.74, 6) is 0. The Morgan fingerprint density at radius 1 is 0.789 bits per heavy atom. The van der Waals surface area contributed by atoms with Gasteiger partial charge in [0, 0.05) is 0 Å². The monoisotopic (exact) mass is 402 g/mol. The average Bonchev–Trinajstić information content (AvgIpc) is 1.47. The smallest absolute Gasteiger partial charge is 1.00 e. The van der Waals surface area contributed by atoms with Crippen molar-refractivity contribution >= 4 is 47.9 Å². The average molecular weight is 402 g/mol. The maximum Gasteiger partial charge on any atom is 2.00 e. The molecule has 0 aliphatic carbocycles. The van der Waals surface area contributed by atoms with Crippen LogP contribution in [0.1, 0.15) is 9.99 Å². The van der Waals surface area contributed by atoms with Crippen LogP contribution in [-0.4, -0.2) is 61.4 Å². The van der Waals surface area contributed by atoms with Crippen molar-refractivity contribution in [1.29, 1.82) is 0 Å². The van der Waals surface area contributed by atoms with Crippen LogP contribution in [0.3, 0.4) is 0 Å². The zero-order valence-electron chi connectivity index (χ0n) is 18.4. The molecule has 94 valence electrons. The Bertz CT molecular complexity index is 260. The zero-order chi connectivity index (χ0) is 11.3. The van der Waals surface area contributed by atoms with E-state index in [1.165, 1.54) is 0 Å². The quantitative estimate of drug-likeness (QED) is 0.192. The van der Waals surface area contributed by atoms with Gasteiger partial charge in [-0.15, -0.1) is 0 Å². The molecule has 0 aliphatic rings. The second-order valence-electron chi connectivity index (χ2n) is 1.35. The Morgan fingerprint density at radius 3 is 0.895 bits per heavy atom. The summed E-state index contributed by atoms with van der Waals surface area (Å²) < 4.78 is 31.0. The van der Waals surface area contributed by atoms with Crippen molar-refractivity contribution in [2.45, 2.75) is 0 Å². The third kappa shape index (κ3) is 81.7. The first-order valence-corrected chi connectivity index (χ1v) is 6.54.